The van der Waals surface area contributed by atoms with Crippen molar-refractivity contribution in [2.24, 2.45) is 0 Å². The van der Waals surface area contributed by atoms with Crippen molar-refractivity contribution in [2.75, 3.05) is 18.7 Å². The van der Waals surface area contributed by atoms with E-state index in [0.717, 1.165) is 5.06 Å². The number of ketones is 1. The zero-order chi connectivity index (χ0) is 12.1. The molecule has 1 aromatic rings. The van der Waals surface area contributed by atoms with Crippen molar-refractivity contribution in [1.29, 1.82) is 0 Å². The van der Waals surface area contributed by atoms with Crippen LogP contribution in [0.3, 0.4) is 0 Å². The number of aliphatic hydroxyl groups is 1. The number of rotatable bonds is 5. The second-order valence-corrected chi connectivity index (χ2v) is 3.47. The Kier molecular flexibility index (Phi) is 4.56. The van der Waals surface area contributed by atoms with Gasteiger partial charge in [0.1, 0.15) is 18.0 Å². The number of carbonyl (C=O) groups excluding carboxylic acids is 1. The largest absolute Gasteiger partial charge is 0.748 e. The van der Waals surface area contributed by atoms with E-state index < -0.39 is 23.8 Å². The molecule has 0 saturated carbocycles. The molecule has 0 aliphatic carbocycles. The second kappa shape index (κ2) is 5.71. The van der Waals surface area contributed by atoms with Crippen molar-refractivity contribution >= 4 is 22.8 Å². The van der Waals surface area contributed by atoms with Gasteiger partial charge in [0.25, 0.3) is 0 Å². The lowest BCUT2D eigenvalue weighted by Gasteiger charge is -2.19. The molecular formula is C9H10NO5S-. The van der Waals surface area contributed by atoms with E-state index in [0.29, 0.717) is 5.69 Å². The van der Waals surface area contributed by atoms with Crippen LogP contribution in [0.1, 0.15) is 10.4 Å². The molecule has 0 aliphatic heterocycles. The molecule has 0 aliphatic rings. The Morgan fingerprint density at radius 2 is 2.31 bits per heavy atom. The minimum atomic E-state index is -2.67. The van der Waals surface area contributed by atoms with Gasteiger partial charge in [0.05, 0.1) is 5.69 Å². The molecule has 1 atom stereocenters. The molecule has 6 nitrogen and oxygen atoms in total. The van der Waals surface area contributed by atoms with Gasteiger partial charge in [0.2, 0.25) is 0 Å². The van der Waals surface area contributed by atoms with Gasteiger partial charge in [-0.15, -0.1) is 0 Å². The highest BCUT2D eigenvalue weighted by atomic mass is 32.2. The van der Waals surface area contributed by atoms with Crippen molar-refractivity contribution < 1.29 is 22.9 Å². The fraction of sp³-hybridized carbons (Fsp3) is 0.222. The van der Waals surface area contributed by atoms with Crippen LogP contribution in [0.4, 0.5) is 5.69 Å². The minimum Gasteiger partial charge on any atom is -0.748 e. The first-order valence-electron chi connectivity index (χ1n) is 4.30. The van der Waals surface area contributed by atoms with E-state index in [1.54, 1.807) is 12.1 Å². The van der Waals surface area contributed by atoms with Gasteiger partial charge in [-0.25, -0.2) is 9.27 Å². The molecule has 0 radical (unpaired) electrons. The summed E-state index contributed by atoms with van der Waals surface area (Å²) in [5, 5.41) is 9.67. The molecule has 0 heterocycles. The van der Waals surface area contributed by atoms with E-state index in [4.69, 9.17) is 5.11 Å². The summed E-state index contributed by atoms with van der Waals surface area (Å²) in [5.74, 6) is -0.446. The summed E-state index contributed by atoms with van der Waals surface area (Å²) in [6.07, 6.45) is 0. The predicted molar refractivity (Wildman–Crippen MR) is 56.3 cm³/mol. The number of Topliss-reactive ketones (excluding diaryl/α,β-unsaturated/α-hetero) is 1. The number of hydrogen-bond donors (Lipinski definition) is 1. The van der Waals surface area contributed by atoms with Gasteiger partial charge < -0.3 is 9.66 Å². The third-order valence-corrected chi connectivity index (χ3v) is 2.19. The molecule has 0 saturated heterocycles. The highest BCUT2D eigenvalue weighted by molar-refractivity contribution is 7.74. The lowest BCUT2D eigenvalue weighted by molar-refractivity contribution is 0.0904. The van der Waals surface area contributed by atoms with Crippen LogP contribution in [-0.4, -0.2) is 33.3 Å². The maximum atomic E-state index is 11.2. The standard InChI is InChI=1S/C9H11NO5S/c1-10(15-16(13)14)8-4-2-3-7(5-8)9(12)6-11/h2-5,11H,6H2,1H3,(H,13,14)/p-1. The Morgan fingerprint density at radius 1 is 1.62 bits per heavy atom. The number of aliphatic hydroxyl groups excluding tert-OH is 1. The van der Waals surface area contributed by atoms with Gasteiger partial charge in [0.15, 0.2) is 5.78 Å². The van der Waals surface area contributed by atoms with Crippen LogP contribution in [-0.2, 0) is 15.6 Å². The van der Waals surface area contributed by atoms with Gasteiger partial charge in [-0.2, -0.15) is 4.28 Å². The Bertz CT molecular complexity index is 409. The van der Waals surface area contributed by atoms with Crippen molar-refractivity contribution in [3.05, 3.63) is 29.8 Å². The average molecular weight is 244 g/mol. The van der Waals surface area contributed by atoms with Crippen molar-refractivity contribution in [3.8, 4) is 0 Å². The zero-order valence-corrected chi connectivity index (χ0v) is 9.27. The lowest BCUT2D eigenvalue weighted by Crippen LogP contribution is -2.19. The first kappa shape index (κ1) is 12.8. The Hall–Kier alpha value is -1.28. The first-order valence-corrected chi connectivity index (χ1v) is 5.30. The normalized spacial score (nSPS) is 12.2. The maximum Gasteiger partial charge on any atom is 0.188 e. The molecule has 0 aromatic heterocycles. The highest BCUT2D eigenvalue weighted by Crippen LogP contribution is 2.15. The van der Waals surface area contributed by atoms with Gasteiger partial charge in [-0.05, 0) is 12.1 Å². The fourth-order valence-corrected chi connectivity index (χ4v) is 1.37. The Labute approximate surface area is 94.9 Å². The van der Waals surface area contributed by atoms with Crippen LogP contribution < -0.4 is 5.06 Å². The second-order valence-electron chi connectivity index (χ2n) is 2.91. The van der Waals surface area contributed by atoms with E-state index in [1.807, 2.05) is 0 Å². The molecule has 1 rings (SSSR count). The molecule has 7 heteroatoms. The summed E-state index contributed by atoms with van der Waals surface area (Å²) in [6, 6.07) is 6.07. The number of carbonyl (C=O) groups is 1. The first-order chi connectivity index (χ1) is 7.54. The molecule has 1 N–H and O–H groups in total. The van der Waals surface area contributed by atoms with Crippen LogP contribution in [0.15, 0.2) is 24.3 Å². The molecule has 0 bridgehead atoms. The number of hydrogen-bond acceptors (Lipinski definition) is 6. The van der Waals surface area contributed by atoms with E-state index in [2.05, 4.69) is 4.28 Å². The third-order valence-electron chi connectivity index (χ3n) is 1.85. The molecule has 0 amide bonds. The van der Waals surface area contributed by atoms with Gasteiger partial charge >= 0.3 is 0 Å². The number of anilines is 1. The summed E-state index contributed by atoms with van der Waals surface area (Å²) in [5.41, 5.74) is 0.677. The maximum absolute atomic E-state index is 11.2. The third kappa shape index (κ3) is 3.38. The van der Waals surface area contributed by atoms with Crippen LogP contribution in [0.5, 0.6) is 0 Å². The summed E-state index contributed by atoms with van der Waals surface area (Å²) < 4.78 is 25.0. The zero-order valence-electron chi connectivity index (χ0n) is 8.45. The molecule has 1 unspecified atom stereocenters. The molecule has 0 fully saturated rings. The SMILES string of the molecule is CN(OS(=O)[O-])c1cccc(C(=O)CO)c1. The summed E-state index contributed by atoms with van der Waals surface area (Å²) in [7, 11) is 1.39. The topological polar surface area (TPSA) is 89.9 Å². The average Bonchev–Trinajstić information content (AvgIpc) is 2.27. The van der Waals surface area contributed by atoms with Gasteiger partial charge in [-0.3, -0.25) is 4.79 Å². The molecule has 1 aromatic carbocycles. The summed E-state index contributed by atoms with van der Waals surface area (Å²) in [6.45, 7) is -0.596. The van der Waals surface area contributed by atoms with Crippen molar-refractivity contribution in [1.82, 2.24) is 0 Å². The lowest BCUT2D eigenvalue weighted by atomic mass is 10.1. The summed E-state index contributed by atoms with van der Waals surface area (Å²) in [4.78, 5) is 11.2. The molecule has 0 spiro atoms. The van der Waals surface area contributed by atoms with Crippen LogP contribution >= 0.6 is 0 Å². The van der Waals surface area contributed by atoms with Gasteiger partial charge in [-0.1, -0.05) is 12.1 Å². The summed E-state index contributed by atoms with van der Waals surface area (Å²) >= 11 is -2.67. The van der Waals surface area contributed by atoms with E-state index in [-0.39, 0.29) is 5.56 Å². The highest BCUT2D eigenvalue weighted by Gasteiger charge is 2.07. The minimum absolute atomic E-state index is 0.284. The van der Waals surface area contributed by atoms with Crippen LogP contribution in [0.25, 0.3) is 0 Å². The Morgan fingerprint density at radius 3 is 2.88 bits per heavy atom. The van der Waals surface area contributed by atoms with Crippen molar-refractivity contribution in [2.45, 2.75) is 0 Å². The molecular weight excluding hydrogens is 234 g/mol. The van der Waals surface area contributed by atoms with Gasteiger partial charge in [0, 0.05) is 12.6 Å². The quantitative estimate of drug-likeness (QED) is 0.446. The van der Waals surface area contributed by atoms with E-state index in [9.17, 15) is 13.6 Å². The number of hydroxylamine groups is 1. The smallest absolute Gasteiger partial charge is 0.188 e. The van der Waals surface area contributed by atoms with Crippen LogP contribution in [0, 0.1) is 0 Å². The van der Waals surface area contributed by atoms with Crippen molar-refractivity contribution in [3.63, 3.8) is 0 Å². The monoisotopic (exact) mass is 244 g/mol. The Balaban J connectivity index is 2.89. The molecule has 88 valence electrons. The van der Waals surface area contributed by atoms with Crippen LogP contribution in [0.2, 0.25) is 0 Å². The van der Waals surface area contributed by atoms with E-state index in [1.165, 1.54) is 19.2 Å². The number of benzene rings is 1. The number of nitrogens with zero attached hydrogens (tertiary/aromatic N) is 1. The predicted octanol–water partition coefficient (Wildman–Crippen LogP) is 0.0235. The fourth-order valence-electron chi connectivity index (χ4n) is 1.10. The van der Waals surface area contributed by atoms with E-state index >= 15 is 0 Å². The molecule has 16 heavy (non-hydrogen) atoms.